The van der Waals surface area contributed by atoms with Crippen LogP contribution in [0.15, 0.2) is 24.3 Å². The topological polar surface area (TPSA) is 165 Å². The predicted octanol–water partition coefficient (Wildman–Crippen LogP) is -0.567. The van der Waals surface area contributed by atoms with Gasteiger partial charge in [-0.15, -0.1) is 0 Å². The van der Waals surface area contributed by atoms with Crippen molar-refractivity contribution < 1.29 is 23.1 Å². The molecule has 0 aliphatic rings. The van der Waals surface area contributed by atoms with Crippen molar-refractivity contribution in [2.75, 3.05) is 10.0 Å². The van der Waals surface area contributed by atoms with Crippen LogP contribution in [0.25, 0.3) is 0 Å². The van der Waals surface area contributed by atoms with Crippen LogP contribution in [0.2, 0.25) is 0 Å². The number of nitrogens with two attached hydrogens (primary N) is 2. The highest BCUT2D eigenvalue weighted by molar-refractivity contribution is 7.90. The first-order valence-corrected chi connectivity index (χ1v) is 7.41. The fourth-order valence-electron chi connectivity index (χ4n) is 1.47. The average molecular weight is 316 g/mol. The molecule has 0 saturated heterocycles. The third kappa shape index (κ3) is 6.70. The summed E-state index contributed by atoms with van der Waals surface area (Å²) in [6, 6.07) is 4.86. The molecule has 0 spiro atoms. The molecular formula is C11H16N4O5S. The molecule has 0 bridgehead atoms. The molecule has 21 heavy (non-hydrogen) atoms. The Morgan fingerprint density at radius 1 is 1.29 bits per heavy atom. The maximum Gasteiger partial charge on any atom is 0.303 e. The number of aliphatic carboxylic acids is 1. The first-order valence-electron chi connectivity index (χ1n) is 5.86. The Balaban J connectivity index is 2.68. The molecule has 10 heteroatoms. The Bertz CT molecular complexity index is 631. The van der Waals surface area contributed by atoms with Crippen LogP contribution in [0.4, 0.5) is 11.4 Å². The fraction of sp³-hybridized carbons (Fsp3) is 0.273. The number of carbonyl (C=O) groups is 2. The van der Waals surface area contributed by atoms with E-state index in [2.05, 4.69) is 10.0 Å². The lowest BCUT2D eigenvalue weighted by Gasteiger charge is -2.12. The number of hydrogen-bond donors (Lipinski definition) is 5. The minimum absolute atomic E-state index is 0.00368. The molecule has 1 amide bonds. The molecule has 0 aromatic heterocycles. The zero-order valence-corrected chi connectivity index (χ0v) is 11.8. The normalized spacial score (nSPS) is 12.5. The van der Waals surface area contributed by atoms with E-state index in [9.17, 15) is 18.0 Å². The van der Waals surface area contributed by atoms with Crippen molar-refractivity contribution in [3.63, 3.8) is 0 Å². The highest BCUT2D eigenvalue weighted by atomic mass is 32.2. The number of amides is 1. The first kappa shape index (κ1) is 16.9. The lowest BCUT2D eigenvalue weighted by Crippen LogP contribution is -2.36. The summed E-state index contributed by atoms with van der Waals surface area (Å²) in [6.45, 7) is 0. The van der Waals surface area contributed by atoms with Crippen molar-refractivity contribution in [3.8, 4) is 0 Å². The highest BCUT2D eigenvalue weighted by Crippen LogP contribution is 2.16. The van der Waals surface area contributed by atoms with Gasteiger partial charge in [0, 0.05) is 12.1 Å². The van der Waals surface area contributed by atoms with Crippen LogP contribution in [-0.2, 0) is 19.8 Å². The van der Waals surface area contributed by atoms with Gasteiger partial charge in [-0.05, 0) is 24.6 Å². The number of nitrogens with one attached hydrogen (secondary N) is 2. The molecule has 0 aliphatic heterocycles. The zero-order chi connectivity index (χ0) is 16.0. The number of carboxylic acids is 1. The van der Waals surface area contributed by atoms with E-state index in [-0.39, 0.29) is 18.5 Å². The van der Waals surface area contributed by atoms with Gasteiger partial charge in [0.25, 0.3) is 10.2 Å². The molecule has 1 aromatic carbocycles. The number of carbonyl (C=O) groups excluding carboxylic acids is 1. The van der Waals surface area contributed by atoms with Gasteiger partial charge in [-0.3, -0.25) is 14.3 Å². The highest BCUT2D eigenvalue weighted by Gasteiger charge is 2.15. The number of hydrogen-bond acceptors (Lipinski definition) is 5. The van der Waals surface area contributed by atoms with Crippen LogP contribution < -0.4 is 20.9 Å². The maximum absolute atomic E-state index is 11.7. The molecule has 7 N–H and O–H groups in total. The van der Waals surface area contributed by atoms with E-state index in [1.165, 1.54) is 24.3 Å². The van der Waals surface area contributed by atoms with E-state index < -0.39 is 28.1 Å². The zero-order valence-electron chi connectivity index (χ0n) is 10.9. The van der Waals surface area contributed by atoms with E-state index in [4.69, 9.17) is 16.0 Å². The van der Waals surface area contributed by atoms with Crippen LogP contribution in [0.1, 0.15) is 12.8 Å². The molecule has 0 radical (unpaired) electrons. The Labute approximate surface area is 121 Å². The second kappa shape index (κ2) is 7.02. The third-order valence-corrected chi connectivity index (χ3v) is 2.92. The van der Waals surface area contributed by atoms with E-state index in [1.807, 2.05) is 0 Å². The smallest absolute Gasteiger partial charge is 0.303 e. The summed E-state index contributed by atoms with van der Waals surface area (Å²) in [4.78, 5) is 22.1. The van der Waals surface area contributed by atoms with Gasteiger partial charge >= 0.3 is 5.97 Å². The Kier molecular flexibility index (Phi) is 5.64. The number of anilines is 2. The summed E-state index contributed by atoms with van der Waals surface area (Å²) in [5, 5.41) is 15.8. The lowest BCUT2D eigenvalue weighted by molar-refractivity contribution is -0.137. The molecule has 0 saturated carbocycles. The summed E-state index contributed by atoms with van der Waals surface area (Å²) in [5.41, 5.74) is 6.03. The van der Waals surface area contributed by atoms with E-state index in [1.54, 1.807) is 0 Å². The molecule has 1 aromatic rings. The van der Waals surface area contributed by atoms with Crippen molar-refractivity contribution in [1.82, 2.24) is 0 Å². The first-order chi connectivity index (χ1) is 9.67. The molecule has 1 atom stereocenters. The van der Waals surface area contributed by atoms with Crippen LogP contribution in [-0.4, -0.2) is 31.4 Å². The third-order valence-electron chi connectivity index (χ3n) is 2.40. The van der Waals surface area contributed by atoms with Crippen LogP contribution in [0, 0.1) is 0 Å². The quantitative estimate of drug-likeness (QED) is 0.452. The molecule has 1 rings (SSSR count). The van der Waals surface area contributed by atoms with Gasteiger partial charge in [0.05, 0.1) is 11.7 Å². The molecule has 0 fully saturated rings. The van der Waals surface area contributed by atoms with Gasteiger partial charge in [0.2, 0.25) is 5.91 Å². The minimum Gasteiger partial charge on any atom is -0.481 e. The van der Waals surface area contributed by atoms with Gasteiger partial charge in [-0.25, -0.2) is 5.14 Å². The Morgan fingerprint density at radius 3 is 2.48 bits per heavy atom. The van der Waals surface area contributed by atoms with Crippen LogP contribution >= 0.6 is 0 Å². The van der Waals surface area contributed by atoms with Gasteiger partial charge in [0.1, 0.15) is 0 Å². The molecule has 1 unspecified atom stereocenters. The molecule has 0 heterocycles. The van der Waals surface area contributed by atoms with Crippen LogP contribution in [0.3, 0.4) is 0 Å². The number of rotatable bonds is 7. The summed E-state index contributed by atoms with van der Waals surface area (Å²) in [7, 11) is -3.91. The number of carboxylic acid groups (broad SMARTS) is 1. The Hall–Kier alpha value is -2.17. The largest absolute Gasteiger partial charge is 0.481 e. The minimum atomic E-state index is -3.91. The second-order valence-electron chi connectivity index (χ2n) is 4.26. The van der Waals surface area contributed by atoms with Gasteiger partial charge in [-0.2, -0.15) is 8.42 Å². The maximum atomic E-state index is 11.7. The van der Waals surface area contributed by atoms with E-state index >= 15 is 0 Å². The van der Waals surface area contributed by atoms with Gasteiger partial charge in [-0.1, -0.05) is 6.07 Å². The Morgan fingerprint density at radius 2 is 1.90 bits per heavy atom. The van der Waals surface area contributed by atoms with Gasteiger partial charge in [0.15, 0.2) is 0 Å². The molecule has 0 aliphatic carbocycles. The van der Waals surface area contributed by atoms with Crippen molar-refractivity contribution in [3.05, 3.63) is 24.3 Å². The molecule has 116 valence electrons. The standard InChI is InChI=1S/C11H16N4O5S/c12-9(4-5-10(16)17)11(18)14-7-2-1-3-8(6-7)15-21(13,19)20/h1-3,6,9,15H,4-5,12H2,(H,14,18)(H,16,17)(H2,13,19,20). The monoisotopic (exact) mass is 316 g/mol. The van der Waals surface area contributed by atoms with Crippen molar-refractivity contribution in [2.24, 2.45) is 10.9 Å². The SMILES string of the molecule is NC(CCC(=O)O)C(=O)Nc1cccc(NS(N)(=O)=O)c1. The fourth-order valence-corrected chi connectivity index (χ4v) is 1.93. The second-order valence-corrected chi connectivity index (χ2v) is 5.55. The molecular weight excluding hydrogens is 300 g/mol. The summed E-state index contributed by atoms with van der Waals surface area (Å²) < 4.78 is 23.8. The van der Waals surface area contributed by atoms with Crippen molar-refractivity contribution in [2.45, 2.75) is 18.9 Å². The summed E-state index contributed by atoms with van der Waals surface area (Å²) in [6.07, 6.45) is -0.224. The van der Waals surface area contributed by atoms with Gasteiger partial charge < -0.3 is 16.2 Å². The van der Waals surface area contributed by atoms with E-state index in [0.29, 0.717) is 5.69 Å². The lowest BCUT2D eigenvalue weighted by atomic mass is 10.1. The summed E-state index contributed by atoms with van der Waals surface area (Å²) in [5.74, 6) is -1.61. The van der Waals surface area contributed by atoms with Crippen molar-refractivity contribution in [1.29, 1.82) is 0 Å². The predicted molar refractivity (Wildman–Crippen MR) is 76.6 cm³/mol. The average Bonchev–Trinajstić information content (AvgIpc) is 2.34. The van der Waals surface area contributed by atoms with Crippen molar-refractivity contribution >= 4 is 33.5 Å². The van der Waals surface area contributed by atoms with Crippen LogP contribution in [0.5, 0.6) is 0 Å². The molecule has 9 nitrogen and oxygen atoms in total. The van der Waals surface area contributed by atoms with E-state index in [0.717, 1.165) is 0 Å². The number of benzene rings is 1. The summed E-state index contributed by atoms with van der Waals surface area (Å²) >= 11 is 0.